The summed E-state index contributed by atoms with van der Waals surface area (Å²) in [5, 5.41) is 17.8. The Morgan fingerprint density at radius 2 is 2.09 bits per heavy atom. The molecule has 1 aliphatic rings. The first kappa shape index (κ1) is 8.49. The van der Waals surface area contributed by atoms with E-state index in [9.17, 15) is 9.90 Å². The van der Waals surface area contributed by atoms with E-state index in [1.54, 1.807) is 0 Å². The van der Waals surface area contributed by atoms with Gasteiger partial charge >= 0.3 is 5.97 Å². The van der Waals surface area contributed by atoms with Crippen molar-refractivity contribution in [2.75, 3.05) is 0 Å². The average molecular weight is 159 g/mol. The largest absolute Gasteiger partial charge is 0.481 e. The molecule has 3 atom stereocenters. The fraction of sp³-hybridized carbons (Fsp3) is 0.857. The number of aliphatic hydroxyl groups excluding tert-OH is 1. The van der Waals surface area contributed by atoms with Gasteiger partial charge < -0.3 is 15.9 Å². The number of carboxylic acid groups (broad SMARTS) is 1. The van der Waals surface area contributed by atoms with Gasteiger partial charge in [-0.25, -0.2) is 0 Å². The molecule has 0 radical (unpaired) electrons. The number of aliphatic carboxylic acids is 1. The number of rotatable bonds is 1. The van der Waals surface area contributed by atoms with E-state index in [0.717, 1.165) is 0 Å². The Balaban J connectivity index is 2.46. The minimum atomic E-state index is -0.823. The predicted molar refractivity (Wildman–Crippen MR) is 39.0 cm³/mol. The smallest absolute Gasteiger partial charge is 0.306 e. The Morgan fingerprint density at radius 3 is 2.55 bits per heavy atom. The van der Waals surface area contributed by atoms with E-state index in [4.69, 9.17) is 10.8 Å². The van der Waals surface area contributed by atoms with E-state index in [0.29, 0.717) is 19.3 Å². The van der Waals surface area contributed by atoms with E-state index in [1.807, 2.05) is 0 Å². The van der Waals surface area contributed by atoms with Crippen molar-refractivity contribution in [3.63, 3.8) is 0 Å². The number of hydrogen-bond donors (Lipinski definition) is 3. The van der Waals surface area contributed by atoms with Gasteiger partial charge in [-0.3, -0.25) is 4.79 Å². The number of carbonyl (C=O) groups is 1. The zero-order chi connectivity index (χ0) is 8.43. The summed E-state index contributed by atoms with van der Waals surface area (Å²) in [6, 6.07) is -0.231. The topological polar surface area (TPSA) is 83.6 Å². The van der Waals surface area contributed by atoms with Crippen LogP contribution in [0.4, 0.5) is 0 Å². The molecule has 4 nitrogen and oxygen atoms in total. The highest BCUT2D eigenvalue weighted by molar-refractivity contribution is 5.70. The number of hydrogen-bond acceptors (Lipinski definition) is 3. The maximum atomic E-state index is 10.5. The molecule has 1 rings (SSSR count). The van der Waals surface area contributed by atoms with Crippen LogP contribution in [0.5, 0.6) is 0 Å². The molecule has 0 aliphatic heterocycles. The summed E-state index contributed by atoms with van der Waals surface area (Å²) in [6.45, 7) is 0. The van der Waals surface area contributed by atoms with Gasteiger partial charge in [-0.2, -0.15) is 0 Å². The van der Waals surface area contributed by atoms with E-state index in [-0.39, 0.29) is 6.04 Å². The number of carboxylic acids is 1. The molecule has 3 unspecified atom stereocenters. The van der Waals surface area contributed by atoms with Gasteiger partial charge in [0.15, 0.2) is 0 Å². The zero-order valence-corrected chi connectivity index (χ0v) is 6.23. The van der Waals surface area contributed by atoms with Crippen molar-refractivity contribution in [3.05, 3.63) is 0 Å². The van der Waals surface area contributed by atoms with Crippen molar-refractivity contribution in [3.8, 4) is 0 Å². The third-order valence-electron chi connectivity index (χ3n) is 2.22. The molecule has 0 amide bonds. The predicted octanol–water partition coefficient (Wildman–Crippen LogP) is -0.441. The Labute approximate surface area is 65.0 Å². The van der Waals surface area contributed by atoms with Crippen LogP contribution < -0.4 is 5.73 Å². The van der Waals surface area contributed by atoms with Crippen molar-refractivity contribution in [2.45, 2.75) is 31.4 Å². The average Bonchev–Trinajstić information content (AvgIpc) is 1.94. The summed E-state index contributed by atoms with van der Waals surface area (Å²) in [7, 11) is 0. The fourth-order valence-electron chi connectivity index (χ4n) is 1.39. The van der Waals surface area contributed by atoms with E-state index < -0.39 is 18.0 Å². The summed E-state index contributed by atoms with van der Waals surface area (Å²) in [5.74, 6) is -1.22. The summed E-state index contributed by atoms with van der Waals surface area (Å²) in [6.07, 6.45) is 0.868. The van der Waals surface area contributed by atoms with Crippen LogP contribution in [0, 0.1) is 5.92 Å². The normalized spacial score (nSPS) is 38.5. The monoisotopic (exact) mass is 159 g/mol. The second kappa shape index (κ2) is 3.19. The Bertz CT molecular complexity index is 160. The molecule has 64 valence electrons. The lowest BCUT2D eigenvalue weighted by atomic mass is 9.84. The first-order valence-electron chi connectivity index (χ1n) is 3.77. The standard InChI is InChI=1S/C7H13NO3/c8-5-2-1-4(7(10)11)3-6(5)9/h4-6,9H,1-3,8H2,(H,10,11). The molecular weight excluding hydrogens is 146 g/mol. The molecule has 0 saturated heterocycles. The molecule has 0 spiro atoms. The SMILES string of the molecule is NC1CCC(C(=O)O)CC1O. The molecule has 0 bridgehead atoms. The summed E-state index contributed by atoms with van der Waals surface area (Å²) >= 11 is 0. The second-order valence-electron chi connectivity index (χ2n) is 3.08. The number of aliphatic hydroxyl groups is 1. The van der Waals surface area contributed by atoms with Crippen LogP contribution in [0.25, 0.3) is 0 Å². The van der Waals surface area contributed by atoms with Crippen molar-refractivity contribution in [1.82, 2.24) is 0 Å². The lowest BCUT2D eigenvalue weighted by molar-refractivity contribution is -0.144. The van der Waals surface area contributed by atoms with Crippen molar-refractivity contribution in [2.24, 2.45) is 11.7 Å². The van der Waals surface area contributed by atoms with Crippen LogP contribution >= 0.6 is 0 Å². The number of nitrogens with two attached hydrogens (primary N) is 1. The van der Waals surface area contributed by atoms with Crippen LogP contribution in [0.15, 0.2) is 0 Å². The van der Waals surface area contributed by atoms with Crippen LogP contribution in [0.3, 0.4) is 0 Å². The maximum Gasteiger partial charge on any atom is 0.306 e. The molecule has 1 fully saturated rings. The summed E-state index contributed by atoms with van der Waals surface area (Å²) in [4.78, 5) is 10.5. The maximum absolute atomic E-state index is 10.5. The Kier molecular flexibility index (Phi) is 2.46. The van der Waals surface area contributed by atoms with Crippen molar-refractivity contribution in [1.29, 1.82) is 0 Å². The third kappa shape index (κ3) is 1.91. The minimum Gasteiger partial charge on any atom is -0.481 e. The highest BCUT2D eigenvalue weighted by Gasteiger charge is 2.30. The van der Waals surface area contributed by atoms with Crippen molar-refractivity contribution >= 4 is 5.97 Å². The highest BCUT2D eigenvalue weighted by Crippen LogP contribution is 2.23. The van der Waals surface area contributed by atoms with Gasteiger partial charge in [-0.15, -0.1) is 0 Å². The van der Waals surface area contributed by atoms with Gasteiger partial charge in [0.1, 0.15) is 0 Å². The van der Waals surface area contributed by atoms with Crippen LogP contribution in [-0.4, -0.2) is 28.3 Å². The summed E-state index contributed by atoms with van der Waals surface area (Å²) in [5.41, 5.74) is 5.50. The van der Waals surface area contributed by atoms with Crippen LogP contribution in [-0.2, 0) is 4.79 Å². The summed E-state index contributed by atoms with van der Waals surface area (Å²) < 4.78 is 0. The second-order valence-corrected chi connectivity index (χ2v) is 3.08. The zero-order valence-electron chi connectivity index (χ0n) is 6.23. The van der Waals surface area contributed by atoms with Crippen molar-refractivity contribution < 1.29 is 15.0 Å². The Hall–Kier alpha value is -0.610. The molecule has 0 aromatic rings. The minimum absolute atomic E-state index is 0.231. The van der Waals surface area contributed by atoms with Gasteiger partial charge in [-0.05, 0) is 19.3 Å². The molecule has 0 heterocycles. The van der Waals surface area contributed by atoms with E-state index in [2.05, 4.69) is 0 Å². The molecule has 4 N–H and O–H groups in total. The molecular formula is C7H13NO3. The first-order chi connectivity index (χ1) is 5.11. The molecule has 11 heavy (non-hydrogen) atoms. The quantitative estimate of drug-likeness (QED) is 0.484. The third-order valence-corrected chi connectivity index (χ3v) is 2.22. The van der Waals surface area contributed by atoms with E-state index in [1.165, 1.54) is 0 Å². The highest BCUT2D eigenvalue weighted by atomic mass is 16.4. The van der Waals surface area contributed by atoms with Gasteiger partial charge in [-0.1, -0.05) is 0 Å². The first-order valence-corrected chi connectivity index (χ1v) is 3.77. The van der Waals surface area contributed by atoms with Gasteiger partial charge in [0, 0.05) is 6.04 Å². The molecule has 4 heteroatoms. The van der Waals surface area contributed by atoms with Gasteiger partial charge in [0.2, 0.25) is 0 Å². The van der Waals surface area contributed by atoms with Crippen LogP contribution in [0.2, 0.25) is 0 Å². The molecule has 0 aromatic carbocycles. The fourth-order valence-corrected chi connectivity index (χ4v) is 1.39. The molecule has 1 aliphatic carbocycles. The lowest BCUT2D eigenvalue weighted by Gasteiger charge is -2.28. The van der Waals surface area contributed by atoms with Gasteiger partial charge in [0.25, 0.3) is 0 Å². The lowest BCUT2D eigenvalue weighted by Crippen LogP contribution is -2.41. The Morgan fingerprint density at radius 1 is 1.45 bits per heavy atom. The van der Waals surface area contributed by atoms with Gasteiger partial charge in [0.05, 0.1) is 12.0 Å². The van der Waals surface area contributed by atoms with Crippen LogP contribution in [0.1, 0.15) is 19.3 Å². The molecule has 0 aromatic heterocycles. The van der Waals surface area contributed by atoms with E-state index >= 15 is 0 Å². The molecule has 1 saturated carbocycles.